The number of nitrogens with one attached hydrogen (secondary N) is 1. The summed E-state index contributed by atoms with van der Waals surface area (Å²) in [6.45, 7) is 1.16. The Morgan fingerprint density at radius 3 is 2.29 bits per heavy atom. The summed E-state index contributed by atoms with van der Waals surface area (Å²) in [4.78, 5) is 11.2. The van der Waals surface area contributed by atoms with Crippen LogP contribution in [0.15, 0.2) is 30.3 Å². The topological polar surface area (TPSA) is 64.0 Å². The van der Waals surface area contributed by atoms with Crippen LogP contribution in [0, 0.1) is 5.41 Å². The molecule has 1 aromatic rings. The summed E-state index contributed by atoms with van der Waals surface area (Å²) in [7, 11) is -3.49. The standard InChI is InChI=1S/C9H12NO2P.Na/c1-13(11,12)9(7-10)8-5-3-2-4-6-8;/h2-7,9-10H,1H3,(H,11,12);/q;+1/p-1. The van der Waals surface area contributed by atoms with Gasteiger partial charge >= 0.3 is 29.6 Å². The smallest absolute Gasteiger partial charge is 0.799 e. The summed E-state index contributed by atoms with van der Waals surface area (Å²) in [5, 5.41) is 7.06. The Balaban J connectivity index is 0.00000169. The van der Waals surface area contributed by atoms with Crippen LogP contribution in [0.1, 0.15) is 11.2 Å². The van der Waals surface area contributed by atoms with E-state index in [4.69, 9.17) is 5.41 Å². The molecule has 1 aromatic carbocycles. The Hall–Kier alpha value is 0.0800. The van der Waals surface area contributed by atoms with Crippen LogP contribution in [0.3, 0.4) is 0 Å². The summed E-state index contributed by atoms with van der Waals surface area (Å²) in [6, 6.07) is 8.77. The number of benzene rings is 1. The Morgan fingerprint density at radius 1 is 1.43 bits per heavy atom. The third kappa shape index (κ3) is 3.68. The Bertz CT molecular complexity index is 336. The first kappa shape index (κ1) is 14.1. The molecule has 3 nitrogen and oxygen atoms in total. The number of hydrogen-bond donors (Lipinski definition) is 1. The molecule has 0 spiro atoms. The van der Waals surface area contributed by atoms with Crippen molar-refractivity contribution >= 4 is 13.6 Å². The van der Waals surface area contributed by atoms with Crippen molar-refractivity contribution in [2.75, 3.05) is 6.66 Å². The zero-order chi connectivity index (χ0) is 9.90. The van der Waals surface area contributed by atoms with Gasteiger partial charge in [-0.25, -0.2) is 0 Å². The van der Waals surface area contributed by atoms with Crippen LogP contribution in [0.2, 0.25) is 0 Å². The maximum absolute atomic E-state index is 11.2. The van der Waals surface area contributed by atoms with Crippen molar-refractivity contribution in [1.82, 2.24) is 0 Å². The van der Waals surface area contributed by atoms with Crippen LogP contribution in [0.25, 0.3) is 0 Å². The third-order valence-electron chi connectivity index (χ3n) is 1.80. The fourth-order valence-corrected chi connectivity index (χ4v) is 2.14. The van der Waals surface area contributed by atoms with Gasteiger partial charge < -0.3 is 14.9 Å². The van der Waals surface area contributed by atoms with Crippen LogP contribution in [0.4, 0.5) is 0 Å². The second kappa shape index (κ2) is 5.84. The average Bonchev–Trinajstić information content (AvgIpc) is 2.05. The Morgan fingerprint density at radius 2 is 1.93 bits per heavy atom. The first-order chi connectivity index (χ1) is 6.05. The van der Waals surface area contributed by atoms with E-state index in [2.05, 4.69) is 0 Å². The molecule has 0 amide bonds. The first-order valence-corrected chi connectivity index (χ1v) is 6.03. The summed E-state index contributed by atoms with van der Waals surface area (Å²) in [6.07, 6.45) is 0.961. The monoisotopic (exact) mass is 219 g/mol. The maximum atomic E-state index is 11.2. The van der Waals surface area contributed by atoms with E-state index in [-0.39, 0.29) is 29.6 Å². The molecule has 70 valence electrons. The van der Waals surface area contributed by atoms with E-state index < -0.39 is 13.0 Å². The molecule has 0 fully saturated rings. The number of rotatable bonds is 3. The predicted octanol–water partition coefficient (Wildman–Crippen LogP) is -1.35. The van der Waals surface area contributed by atoms with E-state index >= 15 is 0 Å². The quantitative estimate of drug-likeness (QED) is 0.388. The minimum atomic E-state index is -3.49. The molecule has 0 aromatic heterocycles. The Labute approximate surface area is 106 Å². The molecular weight excluding hydrogens is 208 g/mol. The second-order valence-electron chi connectivity index (χ2n) is 2.93. The molecule has 5 heteroatoms. The molecule has 0 aliphatic carbocycles. The van der Waals surface area contributed by atoms with E-state index in [1.807, 2.05) is 6.07 Å². The molecule has 0 aliphatic rings. The van der Waals surface area contributed by atoms with Crippen LogP contribution in [0.5, 0.6) is 0 Å². The molecule has 0 saturated heterocycles. The fourth-order valence-electron chi connectivity index (χ4n) is 1.15. The van der Waals surface area contributed by atoms with Crippen molar-refractivity contribution in [1.29, 1.82) is 5.41 Å². The van der Waals surface area contributed by atoms with E-state index in [9.17, 15) is 9.46 Å². The van der Waals surface area contributed by atoms with Crippen molar-refractivity contribution < 1.29 is 39.0 Å². The van der Waals surface area contributed by atoms with Gasteiger partial charge in [0.2, 0.25) is 0 Å². The van der Waals surface area contributed by atoms with Gasteiger partial charge in [0.25, 0.3) is 0 Å². The van der Waals surface area contributed by atoms with Crippen LogP contribution in [-0.4, -0.2) is 12.9 Å². The van der Waals surface area contributed by atoms with Crippen LogP contribution >= 0.6 is 7.37 Å². The van der Waals surface area contributed by atoms with Gasteiger partial charge in [-0.1, -0.05) is 30.3 Å². The fraction of sp³-hybridized carbons (Fsp3) is 0.222. The molecule has 2 unspecified atom stereocenters. The summed E-state index contributed by atoms with van der Waals surface area (Å²) in [5.74, 6) is 0. The molecular formula is C9H11NNaO2P. The molecule has 2 atom stereocenters. The van der Waals surface area contributed by atoms with E-state index in [0.717, 1.165) is 12.9 Å². The van der Waals surface area contributed by atoms with Gasteiger partial charge in [0.1, 0.15) is 0 Å². The Kier molecular flexibility index (Phi) is 5.87. The van der Waals surface area contributed by atoms with Crippen molar-refractivity contribution in [3.05, 3.63) is 35.9 Å². The van der Waals surface area contributed by atoms with E-state index in [1.165, 1.54) is 0 Å². The van der Waals surface area contributed by atoms with Crippen molar-refractivity contribution in [2.24, 2.45) is 0 Å². The van der Waals surface area contributed by atoms with E-state index in [0.29, 0.717) is 5.56 Å². The van der Waals surface area contributed by atoms with Crippen LogP contribution in [-0.2, 0) is 4.57 Å². The zero-order valence-electron chi connectivity index (χ0n) is 8.31. The zero-order valence-corrected chi connectivity index (χ0v) is 11.2. The van der Waals surface area contributed by atoms with Gasteiger partial charge in [0.05, 0.1) is 5.66 Å². The van der Waals surface area contributed by atoms with Crippen molar-refractivity contribution in [3.8, 4) is 0 Å². The van der Waals surface area contributed by atoms with Gasteiger partial charge in [0.15, 0.2) is 0 Å². The van der Waals surface area contributed by atoms with Gasteiger partial charge in [0, 0.05) is 13.6 Å². The molecule has 0 heterocycles. The van der Waals surface area contributed by atoms with Crippen LogP contribution < -0.4 is 34.5 Å². The van der Waals surface area contributed by atoms with Crippen molar-refractivity contribution in [3.63, 3.8) is 0 Å². The molecule has 0 radical (unpaired) electrons. The van der Waals surface area contributed by atoms with Gasteiger partial charge in [-0.15, -0.1) is 0 Å². The average molecular weight is 219 g/mol. The number of hydrogen-bond acceptors (Lipinski definition) is 3. The maximum Gasteiger partial charge on any atom is 1.00 e. The molecule has 0 saturated carbocycles. The molecule has 14 heavy (non-hydrogen) atoms. The van der Waals surface area contributed by atoms with E-state index in [1.54, 1.807) is 24.3 Å². The second-order valence-corrected chi connectivity index (χ2v) is 5.30. The summed E-state index contributed by atoms with van der Waals surface area (Å²) < 4.78 is 11.2. The van der Waals surface area contributed by atoms with Gasteiger partial charge in [-0.05, 0) is 12.2 Å². The minimum absolute atomic E-state index is 0. The minimum Gasteiger partial charge on any atom is -0.799 e. The molecule has 0 aliphatic heterocycles. The molecule has 1 N–H and O–H groups in total. The van der Waals surface area contributed by atoms with Gasteiger partial charge in [-0.2, -0.15) is 0 Å². The molecule has 1 rings (SSSR count). The molecule has 0 bridgehead atoms. The van der Waals surface area contributed by atoms with Gasteiger partial charge in [-0.3, -0.25) is 0 Å². The van der Waals surface area contributed by atoms with Crippen molar-refractivity contribution in [2.45, 2.75) is 5.66 Å². The predicted molar refractivity (Wildman–Crippen MR) is 51.5 cm³/mol. The first-order valence-electron chi connectivity index (χ1n) is 3.89. The largest absolute Gasteiger partial charge is 1.00 e. The summed E-state index contributed by atoms with van der Waals surface area (Å²) >= 11 is 0. The SMILES string of the molecule is CP(=O)([O-])C(C=N)c1ccccc1.[Na+]. The normalized spacial score (nSPS) is 16.1. The summed E-state index contributed by atoms with van der Waals surface area (Å²) in [5.41, 5.74) is -0.132. The third-order valence-corrected chi connectivity index (χ3v) is 3.26.